The summed E-state index contributed by atoms with van der Waals surface area (Å²) in [7, 11) is 1.95. The minimum absolute atomic E-state index is 0.130. The Balaban J connectivity index is 1.90. The lowest BCUT2D eigenvalue weighted by Crippen LogP contribution is -2.17. The van der Waals surface area contributed by atoms with Crippen molar-refractivity contribution in [3.63, 3.8) is 0 Å². The first kappa shape index (κ1) is 13.5. The lowest BCUT2D eigenvalue weighted by molar-refractivity contribution is 0.685. The number of nitrogens with zero attached hydrogens (tertiary/aromatic N) is 2. The molecule has 0 bridgehead atoms. The number of benzene rings is 2. The SMILES string of the molecule is CNC(c1ccc(-c2ccccc2)cc1)c1ccnnc1. The summed E-state index contributed by atoms with van der Waals surface area (Å²) < 4.78 is 0. The molecule has 0 aliphatic rings. The fourth-order valence-electron chi connectivity index (χ4n) is 2.50. The van der Waals surface area contributed by atoms with E-state index in [1.807, 2.05) is 19.2 Å². The Kier molecular flexibility index (Phi) is 4.03. The number of rotatable bonds is 4. The molecule has 0 aliphatic heterocycles. The zero-order valence-corrected chi connectivity index (χ0v) is 11.9. The molecule has 0 saturated heterocycles. The minimum atomic E-state index is 0.130. The monoisotopic (exact) mass is 275 g/mol. The molecule has 0 radical (unpaired) electrons. The fourth-order valence-corrected chi connectivity index (χ4v) is 2.50. The largest absolute Gasteiger partial charge is 0.309 e. The van der Waals surface area contributed by atoms with E-state index in [2.05, 4.69) is 64.0 Å². The average Bonchev–Trinajstić information content (AvgIpc) is 2.58. The standard InChI is InChI=1S/C18H17N3/c1-19-18(17-11-12-20-21-13-17)16-9-7-15(8-10-16)14-5-3-2-4-6-14/h2-13,18-19H,1H3. The second kappa shape index (κ2) is 6.29. The Bertz CT molecular complexity index is 679. The van der Waals surface area contributed by atoms with Crippen molar-refractivity contribution in [1.29, 1.82) is 0 Å². The molecule has 3 nitrogen and oxygen atoms in total. The van der Waals surface area contributed by atoms with E-state index in [1.54, 1.807) is 12.4 Å². The van der Waals surface area contributed by atoms with Crippen LogP contribution >= 0.6 is 0 Å². The summed E-state index contributed by atoms with van der Waals surface area (Å²) in [5.41, 5.74) is 4.78. The van der Waals surface area contributed by atoms with Gasteiger partial charge in [-0.2, -0.15) is 10.2 Å². The van der Waals surface area contributed by atoms with Crippen molar-refractivity contribution < 1.29 is 0 Å². The van der Waals surface area contributed by atoms with Gasteiger partial charge in [-0.3, -0.25) is 0 Å². The quantitative estimate of drug-likeness (QED) is 0.792. The third-order valence-electron chi connectivity index (χ3n) is 3.58. The predicted molar refractivity (Wildman–Crippen MR) is 84.8 cm³/mol. The van der Waals surface area contributed by atoms with Gasteiger partial charge in [0.15, 0.2) is 0 Å². The first-order valence-electron chi connectivity index (χ1n) is 6.98. The summed E-state index contributed by atoms with van der Waals surface area (Å²) in [4.78, 5) is 0. The Hall–Kier alpha value is -2.52. The zero-order chi connectivity index (χ0) is 14.5. The van der Waals surface area contributed by atoms with Crippen LogP contribution in [0.25, 0.3) is 11.1 Å². The highest BCUT2D eigenvalue weighted by atomic mass is 15.1. The molecule has 0 saturated carbocycles. The van der Waals surface area contributed by atoms with Crippen LogP contribution in [0.2, 0.25) is 0 Å². The van der Waals surface area contributed by atoms with Gasteiger partial charge in [0.25, 0.3) is 0 Å². The van der Waals surface area contributed by atoms with Crippen molar-refractivity contribution in [3.05, 3.63) is 84.2 Å². The highest BCUT2D eigenvalue weighted by Gasteiger charge is 2.12. The molecule has 1 aromatic heterocycles. The Morgan fingerprint density at radius 2 is 1.48 bits per heavy atom. The maximum absolute atomic E-state index is 3.95. The third kappa shape index (κ3) is 2.98. The molecule has 21 heavy (non-hydrogen) atoms. The molecule has 1 atom stereocenters. The highest BCUT2D eigenvalue weighted by Crippen LogP contribution is 2.24. The van der Waals surface area contributed by atoms with Gasteiger partial charge in [-0.15, -0.1) is 0 Å². The molecule has 3 heteroatoms. The van der Waals surface area contributed by atoms with E-state index in [9.17, 15) is 0 Å². The van der Waals surface area contributed by atoms with Crippen LogP contribution in [0.5, 0.6) is 0 Å². The highest BCUT2D eigenvalue weighted by molar-refractivity contribution is 5.63. The van der Waals surface area contributed by atoms with Crippen LogP contribution in [0.3, 0.4) is 0 Å². The Morgan fingerprint density at radius 1 is 0.762 bits per heavy atom. The van der Waals surface area contributed by atoms with Crippen LogP contribution in [-0.4, -0.2) is 17.2 Å². The molecule has 3 rings (SSSR count). The summed E-state index contributed by atoms with van der Waals surface area (Å²) in [6, 6.07) is 21.1. The summed E-state index contributed by atoms with van der Waals surface area (Å²) >= 11 is 0. The third-order valence-corrected chi connectivity index (χ3v) is 3.58. The molecule has 3 aromatic rings. The van der Waals surface area contributed by atoms with E-state index in [-0.39, 0.29) is 6.04 Å². The van der Waals surface area contributed by atoms with Crippen molar-refractivity contribution in [1.82, 2.24) is 15.5 Å². The van der Waals surface area contributed by atoms with Gasteiger partial charge in [0, 0.05) is 6.20 Å². The van der Waals surface area contributed by atoms with E-state index in [1.165, 1.54) is 16.7 Å². The molecular weight excluding hydrogens is 258 g/mol. The van der Waals surface area contributed by atoms with Crippen LogP contribution < -0.4 is 5.32 Å². The Morgan fingerprint density at radius 3 is 2.10 bits per heavy atom. The van der Waals surface area contributed by atoms with Crippen molar-refractivity contribution in [2.24, 2.45) is 0 Å². The molecule has 0 fully saturated rings. The molecule has 0 spiro atoms. The lowest BCUT2D eigenvalue weighted by atomic mass is 9.97. The van der Waals surface area contributed by atoms with Gasteiger partial charge in [-0.1, -0.05) is 54.6 Å². The average molecular weight is 275 g/mol. The van der Waals surface area contributed by atoms with Crippen LogP contribution in [0, 0.1) is 0 Å². The normalized spacial score (nSPS) is 12.0. The molecule has 2 aromatic carbocycles. The second-order valence-corrected chi connectivity index (χ2v) is 4.89. The van der Waals surface area contributed by atoms with Crippen molar-refractivity contribution in [2.75, 3.05) is 7.05 Å². The lowest BCUT2D eigenvalue weighted by Gasteiger charge is -2.17. The molecular formula is C18H17N3. The van der Waals surface area contributed by atoms with Crippen LogP contribution in [0.1, 0.15) is 17.2 Å². The van der Waals surface area contributed by atoms with E-state index in [0.717, 1.165) is 5.56 Å². The number of aromatic nitrogens is 2. The summed E-state index contributed by atoms with van der Waals surface area (Å²) in [6.45, 7) is 0. The maximum Gasteiger partial charge on any atom is 0.0590 e. The zero-order valence-electron chi connectivity index (χ0n) is 11.9. The van der Waals surface area contributed by atoms with Gasteiger partial charge in [-0.05, 0) is 35.4 Å². The van der Waals surface area contributed by atoms with E-state index < -0.39 is 0 Å². The molecule has 1 unspecified atom stereocenters. The summed E-state index contributed by atoms with van der Waals surface area (Å²) in [5, 5.41) is 11.1. The smallest absolute Gasteiger partial charge is 0.0590 e. The van der Waals surface area contributed by atoms with Crippen LogP contribution in [0.4, 0.5) is 0 Å². The van der Waals surface area contributed by atoms with Gasteiger partial charge in [-0.25, -0.2) is 0 Å². The van der Waals surface area contributed by atoms with Crippen molar-refractivity contribution in [2.45, 2.75) is 6.04 Å². The second-order valence-electron chi connectivity index (χ2n) is 4.89. The first-order chi connectivity index (χ1) is 10.4. The fraction of sp³-hybridized carbons (Fsp3) is 0.111. The van der Waals surface area contributed by atoms with E-state index in [4.69, 9.17) is 0 Å². The number of nitrogens with one attached hydrogen (secondary N) is 1. The molecule has 104 valence electrons. The van der Waals surface area contributed by atoms with Crippen LogP contribution in [-0.2, 0) is 0 Å². The van der Waals surface area contributed by atoms with E-state index in [0.29, 0.717) is 0 Å². The van der Waals surface area contributed by atoms with Gasteiger partial charge >= 0.3 is 0 Å². The topological polar surface area (TPSA) is 37.8 Å². The van der Waals surface area contributed by atoms with Gasteiger partial charge in [0.1, 0.15) is 0 Å². The first-order valence-corrected chi connectivity index (χ1v) is 6.98. The molecule has 1 N–H and O–H groups in total. The number of hydrogen-bond donors (Lipinski definition) is 1. The summed E-state index contributed by atoms with van der Waals surface area (Å²) in [6.07, 6.45) is 3.52. The predicted octanol–water partition coefficient (Wildman–Crippen LogP) is 3.45. The van der Waals surface area contributed by atoms with Gasteiger partial charge in [0.05, 0.1) is 12.2 Å². The maximum atomic E-state index is 3.95. The van der Waals surface area contributed by atoms with Crippen molar-refractivity contribution in [3.8, 4) is 11.1 Å². The van der Waals surface area contributed by atoms with Crippen molar-refractivity contribution >= 4 is 0 Å². The van der Waals surface area contributed by atoms with Gasteiger partial charge < -0.3 is 5.32 Å². The van der Waals surface area contributed by atoms with Gasteiger partial charge in [0.2, 0.25) is 0 Å². The number of hydrogen-bond acceptors (Lipinski definition) is 3. The molecule has 1 heterocycles. The summed E-state index contributed by atoms with van der Waals surface area (Å²) in [5.74, 6) is 0. The Labute approximate surface area is 124 Å². The van der Waals surface area contributed by atoms with Crippen LogP contribution in [0.15, 0.2) is 73.1 Å². The molecule has 0 aliphatic carbocycles. The minimum Gasteiger partial charge on any atom is -0.309 e. The van der Waals surface area contributed by atoms with E-state index >= 15 is 0 Å². The molecule has 0 amide bonds.